The highest BCUT2D eigenvalue weighted by Gasteiger charge is 2.13. The fourth-order valence-electron chi connectivity index (χ4n) is 5.51. The second-order valence-electron chi connectivity index (χ2n) is 13.0. The van der Waals surface area contributed by atoms with Gasteiger partial charge in [0.1, 0.15) is 6.10 Å². The van der Waals surface area contributed by atoms with Crippen molar-refractivity contribution in [1.82, 2.24) is 0 Å². The largest absolute Gasteiger partial charge is 0.457 e. The zero-order valence-electron chi connectivity index (χ0n) is 30.1. The molecule has 0 aromatic carbocycles. The quantitative estimate of drug-likeness (QED) is 0.0424. The Hall–Kier alpha value is -1.39. The predicted octanol–water partition coefficient (Wildman–Crippen LogP) is 12.5. The summed E-state index contributed by atoms with van der Waals surface area (Å²) in [6.07, 6.45) is 47.6. The van der Waals surface area contributed by atoms with Crippen molar-refractivity contribution < 1.29 is 19.4 Å². The van der Waals surface area contributed by atoms with Gasteiger partial charge in [-0.3, -0.25) is 4.79 Å². The molecule has 0 saturated carbocycles. The molecule has 264 valence electrons. The van der Waals surface area contributed by atoms with Crippen LogP contribution in [0.15, 0.2) is 36.5 Å². The van der Waals surface area contributed by atoms with Crippen molar-refractivity contribution in [2.24, 2.45) is 0 Å². The van der Waals surface area contributed by atoms with Crippen LogP contribution in [0.3, 0.4) is 0 Å². The molecule has 4 nitrogen and oxygen atoms in total. The van der Waals surface area contributed by atoms with Crippen LogP contribution < -0.4 is 0 Å². The lowest BCUT2D eigenvalue weighted by atomic mass is 10.1. The number of hydrogen-bond acceptors (Lipinski definition) is 4. The number of esters is 1. The third kappa shape index (κ3) is 36.9. The topological polar surface area (TPSA) is 55.8 Å². The number of rotatable bonds is 36. The minimum Gasteiger partial charge on any atom is -0.457 e. The van der Waals surface area contributed by atoms with Crippen molar-refractivity contribution in [1.29, 1.82) is 0 Å². The van der Waals surface area contributed by atoms with Gasteiger partial charge < -0.3 is 14.6 Å². The molecule has 0 aliphatic heterocycles. The highest BCUT2D eigenvalue weighted by Crippen LogP contribution is 2.13. The molecular weight excluding hydrogens is 556 g/mol. The van der Waals surface area contributed by atoms with E-state index in [9.17, 15) is 9.90 Å². The maximum Gasteiger partial charge on any atom is 0.306 e. The van der Waals surface area contributed by atoms with E-state index in [1.165, 1.54) is 141 Å². The van der Waals surface area contributed by atoms with Crippen LogP contribution in [0.2, 0.25) is 0 Å². The van der Waals surface area contributed by atoms with E-state index >= 15 is 0 Å². The lowest BCUT2D eigenvalue weighted by molar-refractivity contribution is -0.154. The number of ether oxygens (including phenoxy) is 2. The van der Waals surface area contributed by atoms with Crippen LogP contribution in [0.4, 0.5) is 0 Å². The Morgan fingerprint density at radius 3 is 1.40 bits per heavy atom. The normalized spacial score (nSPS) is 12.7. The smallest absolute Gasteiger partial charge is 0.306 e. The molecule has 0 spiro atoms. The molecule has 0 amide bonds. The molecule has 1 N–H and O–H groups in total. The Kier molecular flexibility index (Phi) is 37.6. The van der Waals surface area contributed by atoms with Gasteiger partial charge in [0.05, 0.1) is 13.2 Å². The summed E-state index contributed by atoms with van der Waals surface area (Å²) < 4.78 is 11.1. The average molecular weight is 633 g/mol. The van der Waals surface area contributed by atoms with Crippen LogP contribution in [0.25, 0.3) is 0 Å². The number of unbranched alkanes of at least 4 members (excludes halogenated alkanes) is 22. The fraction of sp³-hybridized carbons (Fsp3) is 0.829. The number of aliphatic hydroxyl groups is 1. The molecule has 1 unspecified atom stereocenters. The maximum atomic E-state index is 12.1. The molecule has 0 aliphatic carbocycles. The van der Waals surface area contributed by atoms with E-state index in [-0.39, 0.29) is 12.6 Å². The molecule has 0 aromatic heterocycles. The molecule has 0 rings (SSSR count). The van der Waals surface area contributed by atoms with Crippen LogP contribution in [0.5, 0.6) is 0 Å². The summed E-state index contributed by atoms with van der Waals surface area (Å²) in [7, 11) is 0. The minimum absolute atomic E-state index is 0.173. The summed E-state index contributed by atoms with van der Waals surface area (Å²) in [5.41, 5.74) is 0. The van der Waals surface area contributed by atoms with Crippen molar-refractivity contribution in [3.63, 3.8) is 0 Å². The van der Waals surface area contributed by atoms with Gasteiger partial charge in [0, 0.05) is 13.0 Å². The van der Waals surface area contributed by atoms with Crippen LogP contribution in [0.1, 0.15) is 194 Å². The first kappa shape index (κ1) is 43.6. The van der Waals surface area contributed by atoms with E-state index in [2.05, 4.69) is 50.3 Å². The number of allylic oxidation sites excluding steroid dienone is 6. The molecule has 0 saturated heterocycles. The number of carbonyl (C=O) groups excluding carboxylic acids is 1. The molecule has 0 heterocycles. The first-order valence-corrected chi connectivity index (χ1v) is 19.6. The van der Waals surface area contributed by atoms with E-state index in [0.717, 1.165) is 32.1 Å². The summed E-state index contributed by atoms with van der Waals surface area (Å²) in [6, 6.07) is 0. The zero-order valence-corrected chi connectivity index (χ0v) is 30.1. The van der Waals surface area contributed by atoms with E-state index < -0.39 is 6.10 Å². The lowest BCUT2D eigenvalue weighted by Crippen LogP contribution is -2.27. The SMILES string of the molecule is CCCCCCC/C=C\C/C=C\C/C=C\CCCCCCCCCCC(=O)OC(CO)COCCCCCCCCCCCC. The summed E-state index contributed by atoms with van der Waals surface area (Å²) in [5, 5.41) is 9.54. The Balaban J connectivity index is 3.45. The molecule has 45 heavy (non-hydrogen) atoms. The van der Waals surface area contributed by atoms with Crippen LogP contribution in [0, 0.1) is 0 Å². The second kappa shape index (κ2) is 38.8. The van der Waals surface area contributed by atoms with Gasteiger partial charge in [-0.1, -0.05) is 172 Å². The first-order valence-electron chi connectivity index (χ1n) is 19.6. The Morgan fingerprint density at radius 1 is 0.533 bits per heavy atom. The molecule has 0 aliphatic rings. The van der Waals surface area contributed by atoms with Gasteiger partial charge in [-0.15, -0.1) is 0 Å². The summed E-state index contributed by atoms with van der Waals surface area (Å²) in [5.74, 6) is -0.208. The van der Waals surface area contributed by atoms with Gasteiger partial charge in [-0.25, -0.2) is 0 Å². The molecular formula is C41H76O4. The van der Waals surface area contributed by atoms with Crippen molar-refractivity contribution >= 4 is 5.97 Å². The zero-order chi connectivity index (χ0) is 32.7. The lowest BCUT2D eigenvalue weighted by Gasteiger charge is -2.16. The first-order chi connectivity index (χ1) is 22.2. The van der Waals surface area contributed by atoms with Crippen molar-refractivity contribution in [3.8, 4) is 0 Å². The van der Waals surface area contributed by atoms with Gasteiger partial charge in [0.15, 0.2) is 0 Å². The Morgan fingerprint density at radius 2 is 0.933 bits per heavy atom. The van der Waals surface area contributed by atoms with Crippen LogP contribution >= 0.6 is 0 Å². The van der Waals surface area contributed by atoms with Crippen LogP contribution in [-0.2, 0) is 14.3 Å². The summed E-state index contributed by atoms with van der Waals surface area (Å²) in [4.78, 5) is 12.1. The van der Waals surface area contributed by atoms with Crippen molar-refractivity contribution in [2.75, 3.05) is 19.8 Å². The fourth-order valence-corrected chi connectivity index (χ4v) is 5.51. The monoisotopic (exact) mass is 633 g/mol. The van der Waals surface area contributed by atoms with Crippen molar-refractivity contribution in [3.05, 3.63) is 36.5 Å². The van der Waals surface area contributed by atoms with Crippen molar-refractivity contribution in [2.45, 2.75) is 200 Å². The molecule has 0 radical (unpaired) electrons. The van der Waals surface area contributed by atoms with E-state index in [4.69, 9.17) is 9.47 Å². The van der Waals surface area contributed by atoms with E-state index in [1.807, 2.05) is 0 Å². The van der Waals surface area contributed by atoms with Gasteiger partial charge in [-0.2, -0.15) is 0 Å². The molecule has 0 aromatic rings. The van der Waals surface area contributed by atoms with Gasteiger partial charge in [0.25, 0.3) is 0 Å². The maximum absolute atomic E-state index is 12.1. The van der Waals surface area contributed by atoms with Gasteiger partial charge in [-0.05, 0) is 51.4 Å². The third-order valence-corrected chi connectivity index (χ3v) is 8.47. The second-order valence-corrected chi connectivity index (χ2v) is 13.0. The minimum atomic E-state index is -0.533. The standard InChI is InChI=1S/C41H76O4/c1-3-5-7-9-11-13-15-16-17-18-19-20-21-22-23-24-25-26-27-28-30-32-34-36-41(43)45-40(38-42)39-44-37-35-33-31-29-14-12-10-8-6-4-2/h15-16,18-19,21-22,40,42H,3-14,17,20,23-39H2,1-2H3/b16-15-,19-18-,22-21-. The molecule has 0 fully saturated rings. The highest BCUT2D eigenvalue weighted by atomic mass is 16.6. The Bertz CT molecular complexity index is 668. The number of aliphatic hydroxyl groups excluding tert-OH is 1. The van der Waals surface area contributed by atoms with Crippen LogP contribution in [-0.4, -0.2) is 37.0 Å². The summed E-state index contributed by atoms with van der Waals surface area (Å²) >= 11 is 0. The predicted molar refractivity (Wildman–Crippen MR) is 196 cm³/mol. The Labute approximate surface area is 280 Å². The molecule has 4 heteroatoms. The third-order valence-electron chi connectivity index (χ3n) is 8.47. The van der Waals surface area contributed by atoms with E-state index in [1.54, 1.807) is 0 Å². The average Bonchev–Trinajstić information content (AvgIpc) is 3.05. The number of hydrogen-bond donors (Lipinski definition) is 1. The van der Waals surface area contributed by atoms with Gasteiger partial charge >= 0.3 is 5.97 Å². The molecule has 1 atom stereocenters. The number of carbonyl (C=O) groups is 1. The highest BCUT2D eigenvalue weighted by molar-refractivity contribution is 5.69. The van der Waals surface area contributed by atoms with Gasteiger partial charge in [0.2, 0.25) is 0 Å². The molecule has 0 bridgehead atoms. The summed E-state index contributed by atoms with van der Waals surface area (Å²) in [6.45, 7) is 5.33. The van der Waals surface area contributed by atoms with E-state index in [0.29, 0.717) is 19.6 Å².